The summed E-state index contributed by atoms with van der Waals surface area (Å²) in [7, 11) is 0. The lowest BCUT2D eigenvalue weighted by Crippen LogP contribution is -2.16. The molecule has 0 aliphatic rings. The smallest absolute Gasteiger partial charge is 0.248 e. The van der Waals surface area contributed by atoms with E-state index in [4.69, 9.17) is 11.5 Å². The van der Waals surface area contributed by atoms with Crippen molar-refractivity contribution in [3.8, 4) is 0 Å². The SMILES string of the molecule is CCCCc1ncc(/C=C(\Cc2ccccc2)C(N)=O)n1Cc1ccc(C(N)=O)cc1. The second-order valence-electron chi connectivity index (χ2n) is 7.55. The average molecular weight is 417 g/mol. The Labute approximate surface area is 182 Å². The van der Waals surface area contributed by atoms with Gasteiger partial charge in [-0.05, 0) is 35.8 Å². The van der Waals surface area contributed by atoms with Gasteiger partial charge in [0.25, 0.3) is 0 Å². The Bertz CT molecular complexity index is 1070. The topological polar surface area (TPSA) is 104 Å². The van der Waals surface area contributed by atoms with E-state index in [0.29, 0.717) is 24.1 Å². The summed E-state index contributed by atoms with van der Waals surface area (Å²) in [5.41, 5.74) is 14.9. The minimum atomic E-state index is -0.451. The van der Waals surface area contributed by atoms with Crippen LogP contribution >= 0.6 is 0 Å². The number of aromatic nitrogens is 2. The number of rotatable bonds is 10. The first kappa shape index (κ1) is 22.0. The largest absolute Gasteiger partial charge is 0.366 e. The van der Waals surface area contributed by atoms with Crippen LogP contribution < -0.4 is 11.5 Å². The first-order valence-electron chi connectivity index (χ1n) is 10.5. The summed E-state index contributed by atoms with van der Waals surface area (Å²) in [6, 6.07) is 17.0. The molecule has 0 saturated heterocycles. The Kier molecular flexibility index (Phi) is 7.38. The average Bonchev–Trinajstić information content (AvgIpc) is 3.14. The fourth-order valence-corrected chi connectivity index (χ4v) is 3.42. The summed E-state index contributed by atoms with van der Waals surface area (Å²) in [6.07, 6.45) is 7.00. The van der Waals surface area contributed by atoms with Crippen molar-refractivity contribution in [3.63, 3.8) is 0 Å². The van der Waals surface area contributed by atoms with Crippen LogP contribution in [0.3, 0.4) is 0 Å². The molecule has 0 spiro atoms. The second kappa shape index (κ2) is 10.4. The summed E-state index contributed by atoms with van der Waals surface area (Å²) in [6.45, 7) is 2.71. The molecule has 0 unspecified atom stereocenters. The molecule has 0 aliphatic heterocycles. The number of primary amides is 2. The minimum Gasteiger partial charge on any atom is -0.366 e. The molecule has 0 radical (unpaired) electrons. The van der Waals surface area contributed by atoms with Gasteiger partial charge < -0.3 is 16.0 Å². The molecule has 1 heterocycles. The van der Waals surface area contributed by atoms with Crippen molar-refractivity contribution in [2.75, 3.05) is 0 Å². The number of unbranched alkanes of at least 4 members (excludes halogenated alkanes) is 1. The molecule has 1 aromatic heterocycles. The third kappa shape index (κ3) is 5.92. The van der Waals surface area contributed by atoms with Crippen molar-refractivity contribution < 1.29 is 9.59 Å². The molecule has 0 atom stereocenters. The van der Waals surface area contributed by atoms with E-state index in [0.717, 1.165) is 41.9 Å². The Hall–Kier alpha value is -3.67. The molecular weight excluding hydrogens is 388 g/mol. The number of aryl methyl sites for hydroxylation is 1. The van der Waals surface area contributed by atoms with Crippen molar-refractivity contribution in [3.05, 3.63) is 94.6 Å². The molecule has 3 rings (SSSR count). The highest BCUT2D eigenvalue weighted by Crippen LogP contribution is 2.18. The van der Waals surface area contributed by atoms with Crippen molar-refractivity contribution >= 4 is 17.9 Å². The van der Waals surface area contributed by atoms with Crippen LogP contribution in [0.5, 0.6) is 0 Å². The van der Waals surface area contributed by atoms with Crippen molar-refractivity contribution in [2.24, 2.45) is 11.5 Å². The van der Waals surface area contributed by atoms with E-state index in [2.05, 4.69) is 16.5 Å². The first-order valence-corrected chi connectivity index (χ1v) is 10.5. The van der Waals surface area contributed by atoms with Crippen LogP contribution in [0.4, 0.5) is 0 Å². The standard InChI is InChI=1S/C25H28N4O2/c1-2-3-9-23-28-16-22(15-21(25(27)31)14-18-7-5-4-6-8-18)29(23)17-19-10-12-20(13-11-19)24(26)30/h4-8,10-13,15-16H,2-3,9,14,17H2,1H3,(H2,26,30)(H2,27,31)/b21-15+. The van der Waals surface area contributed by atoms with E-state index < -0.39 is 11.8 Å². The Morgan fingerprint density at radius 2 is 1.71 bits per heavy atom. The van der Waals surface area contributed by atoms with Gasteiger partial charge in [-0.3, -0.25) is 9.59 Å². The number of carbonyl (C=O) groups excluding carboxylic acids is 2. The van der Waals surface area contributed by atoms with E-state index in [1.54, 1.807) is 18.3 Å². The highest BCUT2D eigenvalue weighted by atomic mass is 16.1. The maximum absolute atomic E-state index is 12.1. The number of amides is 2. The van der Waals surface area contributed by atoms with E-state index in [9.17, 15) is 9.59 Å². The third-order valence-electron chi connectivity index (χ3n) is 5.18. The van der Waals surface area contributed by atoms with Gasteiger partial charge >= 0.3 is 0 Å². The van der Waals surface area contributed by atoms with Crippen LogP contribution in [0.1, 0.15) is 52.8 Å². The van der Waals surface area contributed by atoms with Crippen molar-refractivity contribution in [1.82, 2.24) is 9.55 Å². The number of imidazole rings is 1. The molecule has 0 saturated carbocycles. The monoisotopic (exact) mass is 416 g/mol. The van der Waals surface area contributed by atoms with Crippen LogP contribution in [-0.4, -0.2) is 21.4 Å². The number of carbonyl (C=O) groups is 2. The molecule has 0 bridgehead atoms. The number of nitrogens with two attached hydrogens (primary N) is 2. The Morgan fingerprint density at radius 1 is 1.00 bits per heavy atom. The first-order chi connectivity index (χ1) is 15.0. The molecule has 6 nitrogen and oxygen atoms in total. The number of hydrogen-bond donors (Lipinski definition) is 2. The summed E-state index contributed by atoms with van der Waals surface area (Å²) >= 11 is 0. The summed E-state index contributed by atoms with van der Waals surface area (Å²) in [5, 5.41) is 0. The fourth-order valence-electron chi connectivity index (χ4n) is 3.42. The maximum Gasteiger partial charge on any atom is 0.248 e. The quantitative estimate of drug-likeness (QED) is 0.494. The number of nitrogens with zero attached hydrogens (tertiary/aromatic N) is 2. The van der Waals surface area contributed by atoms with Crippen molar-refractivity contribution in [1.29, 1.82) is 0 Å². The normalized spacial score (nSPS) is 11.5. The molecule has 3 aromatic rings. The molecule has 6 heteroatoms. The van der Waals surface area contributed by atoms with Crippen molar-refractivity contribution in [2.45, 2.75) is 39.2 Å². The van der Waals surface area contributed by atoms with E-state index in [1.165, 1.54) is 0 Å². The molecule has 31 heavy (non-hydrogen) atoms. The lowest BCUT2D eigenvalue weighted by molar-refractivity contribution is -0.114. The van der Waals surface area contributed by atoms with Gasteiger partial charge in [-0.2, -0.15) is 0 Å². The lowest BCUT2D eigenvalue weighted by atomic mass is 10.0. The Morgan fingerprint density at radius 3 is 2.32 bits per heavy atom. The molecular formula is C25H28N4O2. The molecule has 0 aliphatic carbocycles. The van der Waals surface area contributed by atoms with E-state index in [1.807, 2.05) is 48.5 Å². The summed E-state index contributed by atoms with van der Waals surface area (Å²) in [5.74, 6) is 0.0570. The lowest BCUT2D eigenvalue weighted by Gasteiger charge is -2.12. The van der Waals surface area contributed by atoms with Gasteiger partial charge in [0, 0.05) is 30.5 Å². The fraction of sp³-hybridized carbons (Fsp3) is 0.240. The van der Waals surface area contributed by atoms with Gasteiger partial charge in [-0.1, -0.05) is 55.8 Å². The molecule has 160 valence electrons. The van der Waals surface area contributed by atoms with Gasteiger partial charge in [0.15, 0.2) is 0 Å². The van der Waals surface area contributed by atoms with Gasteiger partial charge in [-0.25, -0.2) is 4.98 Å². The van der Waals surface area contributed by atoms with Crippen LogP contribution in [-0.2, 0) is 24.2 Å². The van der Waals surface area contributed by atoms with Gasteiger partial charge in [-0.15, -0.1) is 0 Å². The third-order valence-corrected chi connectivity index (χ3v) is 5.18. The number of hydrogen-bond acceptors (Lipinski definition) is 3. The van der Waals surface area contributed by atoms with Crippen LogP contribution in [0, 0.1) is 0 Å². The summed E-state index contributed by atoms with van der Waals surface area (Å²) in [4.78, 5) is 28.1. The molecule has 2 aromatic carbocycles. The zero-order valence-corrected chi connectivity index (χ0v) is 17.8. The van der Waals surface area contributed by atoms with Gasteiger partial charge in [0.1, 0.15) is 5.82 Å². The minimum absolute atomic E-state index is 0.447. The van der Waals surface area contributed by atoms with E-state index >= 15 is 0 Å². The van der Waals surface area contributed by atoms with Crippen LogP contribution in [0.15, 0.2) is 66.4 Å². The van der Waals surface area contributed by atoms with E-state index in [-0.39, 0.29) is 0 Å². The van der Waals surface area contributed by atoms with Gasteiger partial charge in [0.05, 0.1) is 11.9 Å². The van der Waals surface area contributed by atoms with Gasteiger partial charge in [0.2, 0.25) is 11.8 Å². The zero-order valence-electron chi connectivity index (χ0n) is 17.8. The zero-order chi connectivity index (χ0) is 22.2. The molecule has 0 fully saturated rings. The molecule has 2 amide bonds. The maximum atomic E-state index is 12.1. The summed E-state index contributed by atoms with van der Waals surface area (Å²) < 4.78 is 2.10. The predicted molar refractivity (Wildman–Crippen MR) is 122 cm³/mol. The number of benzene rings is 2. The van der Waals surface area contributed by atoms with Crippen LogP contribution in [0.2, 0.25) is 0 Å². The highest BCUT2D eigenvalue weighted by molar-refractivity contribution is 5.96. The highest BCUT2D eigenvalue weighted by Gasteiger charge is 2.13. The second-order valence-corrected chi connectivity index (χ2v) is 7.55. The van der Waals surface area contributed by atoms with Crippen LogP contribution in [0.25, 0.3) is 6.08 Å². The molecule has 4 N–H and O–H groups in total. The Balaban J connectivity index is 1.94. The predicted octanol–water partition coefficient (Wildman–Crippen LogP) is 3.48.